The number of carbonyl (C=O) groups excluding carboxylic acids is 1. The molecule has 3 heteroatoms. The Bertz CT molecular complexity index is 294. The smallest absolute Gasteiger partial charge is 0.223 e. The summed E-state index contributed by atoms with van der Waals surface area (Å²) >= 11 is 0. The highest BCUT2D eigenvalue weighted by atomic mass is 16.3. The zero-order chi connectivity index (χ0) is 14.6. The summed E-state index contributed by atoms with van der Waals surface area (Å²) in [6, 6.07) is 0.244. The molecule has 0 aromatic heterocycles. The fourth-order valence-corrected chi connectivity index (χ4v) is 2.65. The molecule has 0 radical (unpaired) electrons. The summed E-state index contributed by atoms with van der Waals surface area (Å²) in [6.45, 7) is 11.4. The molecule has 1 N–H and O–H groups in total. The molecule has 1 heterocycles. The second-order valence-corrected chi connectivity index (χ2v) is 7.29. The van der Waals surface area contributed by atoms with Gasteiger partial charge < -0.3 is 10.0 Å². The first-order valence-electron chi connectivity index (χ1n) is 7.69. The van der Waals surface area contributed by atoms with Crippen LogP contribution in [0.3, 0.4) is 0 Å². The highest BCUT2D eigenvalue weighted by Gasteiger charge is 2.30. The van der Waals surface area contributed by atoms with Crippen LogP contribution in [0.1, 0.15) is 66.7 Å². The van der Waals surface area contributed by atoms with E-state index in [-0.39, 0.29) is 23.5 Å². The van der Waals surface area contributed by atoms with Crippen LogP contribution in [0.4, 0.5) is 0 Å². The van der Waals surface area contributed by atoms with Gasteiger partial charge in [-0.05, 0) is 43.9 Å². The molecular formula is C16H31NO2. The Morgan fingerprint density at radius 3 is 2.47 bits per heavy atom. The third-order valence-electron chi connectivity index (χ3n) is 4.52. The van der Waals surface area contributed by atoms with Gasteiger partial charge in [0, 0.05) is 19.0 Å². The van der Waals surface area contributed by atoms with Crippen LogP contribution in [0.5, 0.6) is 0 Å². The quantitative estimate of drug-likeness (QED) is 0.851. The minimum Gasteiger partial charge on any atom is -0.393 e. The molecule has 1 aliphatic heterocycles. The zero-order valence-corrected chi connectivity index (χ0v) is 13.3. The first-order chi connectivity index (χ1) is 8.71. The van der Waals surface area contributed by atoms with E-state index in [1.54, 1.807) is 0 Å². The van der Waals surface area contributed by atoms with Crippen LogP contribution in [-0.4, -0.2) is 34.6 Å². The molecule has 0 aliphatic carbocycles. The second-order valence-electron chi connectivity index (χ2n) is 7.29. The molecule has 1 rings (SSSR count). The summed E-state index contributed by atoms with van der Waals surface area (Å²) in [6.07, 6.45) is 4.34. The number of piperidine rings is 1. The number of hydrogen-bond acceptors (Lipinski definition) is 2. The molecule has 0 spiro atoms. The van der Waals surface area contributed by atoms with E-state index in [4.69, 9.17) is 0 Å². The van der Waals surface area contributed by atoms with Crippen molar-refractivity contribution in [2.75, 3.05) is 6.54 Å². The summed E-state index contributed by atoms with van der Waals surface area (Å²) in [7, 11) is 0. The fourth-order valence-electron chi connectivity index (χ4n) is 2.65. The van der Waals surface area contributed by atoms with Crippen LogP contribution < -0.4 is 0 Å². The number of aliphatic hydroxyl groups is 1. The van der Waals surface area contributed by atoms with Crippen LogP contribution >= 0.6 is 0 Å². The number of rotatable bonds is 4. The molecule has 1 amide bonds. The van der Waals surface area contributed by atoms with Gasteiger partial charge in [-0.2, -0.15) is 0 Å². The van der Waals surface area contributed by atoms with Gasteiger partial charge in [0.2, 0.25) is 5.91 Å². The lowest BCUT2D eigenvalue weighted by Gasteiger charge is -2.38. The molecular weight excluding hydrogens is 238 g/mol. The van der Waals surface area contributed by atoms with E-state index in [9.17, 15) is 9.90 Å². The van der Waals surface area contributed by atoms with Gasteiger partial charge in [-0.25, -0.2) is 0 Å². The van der Waals surface area contributed by atoms with Gasteiger partial charge in [0.15, 0.2) is 0 Å². The average molecular weight is 269 g/mol. The van der Waals surface area contributed by atoms with Crippen LogP contribution in [0.25, 0.3) is 0 Å². The molecule has 3 nitrogen and oxygen atoms in total. The normalized spacial score (nSPS) is 24.1. The molecule has 1 saturated heterocycles. The Morgan fingerprint density at radius 2 is 1.95 bits per heavy atom. The molecule has 3 atom stereocenters. The number of amides is 1. The van der Waals surface area contributed by atoms with Gasteiger partial charge in [-0.1, -0.05) is 27.7 Å². The summed E-state index contributed by atoms with van der Waals surface area (Å²) < 4.78 is 0. The number of nitrogens with zero attached hydrogens (tertiary/aromatic N) is 1. The summed E-state index contributed by atoms with van der Waals surface area (Å²) in [5.41, 5.74) is 0.172. The Morgan fingerprint density at radius 1 is 1.32 bits per heavy atom. The van der Waals surface area contributed by atoms with Crippen molar-refractivity contribution >= 4 is 5.91 Å². The van der Waals surface area contributed by atoms with Crippen molar-refractivity contribution in [3.63, 3.8) is 0 Å². The number of hydrogen-bond donors (Lipinski definition) is 1. The van der Waals surface area contributed by atoms with Gasteiger partial charge in [0.05, 0.1) is 6.10 Å². The predicted octanol–water partition coefficient (Wildman–Crippen LogP) is 3.21. The van der Waals surface area contributed by atoms with Crippen LogP contribution in [0.15, 0.2) is 0 Å². The fraction of sp³-hybridized carbons (Fsp3) is 0.938. The SMILES string of the molecule is CC(O)CC1CCCCN1C(=O)CC(C)C(C)(C)C. The Hall–Kier alpha value is -0.570. The third-order valence-corrected chi connectivity index (χ3v) is 4.52. The molecule has 0 aromatic rings. The molecule has 3 unspecified atom stereocenters. The van der Waals surface area contributed by atoms with Gasteiger partial charge >= 0.3 is 0 Å². The van der Waals surface area contributed by atoms with Crippen molar-refractivity contribution in [1.82, 2.24) is 4.90 Å². The minimum atomic E-state index is -0.321. The zero-order valence-electron chi connectivity index (χ0n) is 13.3. The standard InChI is InChI=1S/C16H31NO2/c1-12(16(3,4)5)10-15(19)17-9-7-6-8-14(17)11-13(2)18/h12-14,18H,6-11H2,1-5H3. The molecule has 1 fully saturated rings. The van der Waals surface area contributed by atoms with Crippen molar-refractivity contribution in [1.29, 1.82) is 0 Å². The van der Waals surface area contributed by atoms with E-state index < -0.39 is 0 Å². The maximum atomic E-state index is 12.5. The van der Waals surface area contributed by atoms with E-state index in [0.29, 0.717) is 12.3 Å². The average Bonchev–Trinajstić information content (AvgIpc) is 2.27. The molecule has 0 saturated carbocycles. The maximum absolute atomic E-state index is 12.5. The first-order valence-corrected chi connectivity index (χ1v) is 7.69. The van der Waals surface area contributed by atoms with Crippen molar-refractivity contribution in [2.24, 2.45) is 11.3 Å². The molecule has 0 bridgehead atoms. The van der Waals surface area contributed by atoms with Crippen LogP contribution in [0.2, 0.25) is 0 Å². The Labute approximate surface area is 118 Å². The topological polar surface area (TPSA) is 40.5 Å². The summed E-state index contributed by atoms with van der Waals surface area (Å²) in [4.78, 5) is 14.5. The lowest BCUT2D eigenvalue weighted by molar-refractivity contribution is -0.137. The van der Waals surface area contributed by atoms with Gasteiger partial charge in [-0.3, -0.25) is 4.79 Å². The van der Waals surface area contributed by atoms with Gasteiger partial charge in [0.25, 0.3) is 0 Å². The lowest BCUT2D eigenvalue weighted by Crippen LogP contribution is -2.46. The van der Waals surface area contributed by atoms with E-state index in [0.717, 1.165) is 25.8 Å². The molecule has 19 heavy (non-hydrogen) atoms. The van der Waals surface area contributed by atoms with E-state index in [1.165, 1.54) is 6.42 Å². The van der Waals surface area contributed by atoms with Crippen molar-refractivity contribution in [2.45, 2.75) is 78.9 Å². The van der Waals surface area contributed by atoms with Crippen molar-refractivity contribution in [3.05, 3.63) is 0 Å². The second kappa shape index (κ2) is 6.74. The monoisotopic (exact) mass is 269 g/mol. The Kier molecular flexibility index (Phi) is 5.84. The van der Waals surface area contributed by atoms with Crippen LogP contribution in [-0.2, 0) is 4.79 Å². The van der Waals surface area contributed by atoms with Crippen molar-refractivity contribution < 1.29 is 9.90 Å². The van der Waals surface area contributed by atoms with Crippen molar-refractivity contribution in [3.8, 4) is 0 Å². The van der Waals surface area contributed by atoms with Gasteiger partial charge in [0.1, 0.15) is 0 Å². The number of likely N-dealkylation sites (tertiary alicyclic amines) is 1. The van der Waals surface area contributed by atoms with E-state index in [2.05, 4.69) is 27.7 Å². The highest BCUT2D eigenvalue weighted by molar-refractivity contribution is 5.77. The Balaban J connectivity index is 2.62. The number of aliphatic hydroxyl groups excluding tert-OH is 1. The molecule has 1 aliphatic rings. The maximum Gasteiger partial charge on any atom is 0.223 e. The van der Waals surface area contributed by atoms with E-state index >= 15 is 0 Å². The summed E-state index contributed by atoms with van der Waals surface area (Å²) in [5.74, 6) is 0.655. The van der Waals surface area contributed by atoms with E-state index in [1.807, 2.05) is 11.8 Å². The van der Waals surface area contributed by atoms with Gasteiger partial charge in [-0.15, -0.1) is 0 Å². The highest BCUT2D eigenvalue weighted by Crippen LogP contribution is 2.30. The largest absolute Gasteiger partial charge is 0.393 e. The lowest BCUT2D eigenvalue weighted by atomic mass is 9.79. The third kappa shape index (κ3) is 5.13. The molecule has 0 aromatic carbocycles. The molecule has 112 valence electrons. The predicted molar refractivity (Wildman–Crippen MR) is 78.9 cm³/mol. The summed E-state index contributed by atoms with van der Waals surface area (Å²) in [5, 5.41) is 9.58. The minimum absolute atomic E-state index is 0.172. The number of carbonyl (C=O) groups is 1. The van der Waals surface area contributed by atoms with Crippen LogP contribution in [0, 0.1) is 11.3 Å². The first kappa shape index (κ1) is 16.5.